The van der Waals surface area contributed by atoms with Crippen LogP contribution in [0.2, 0.25) is 5.02 Å². The molecule has 0 spiro atoms. The van der Waals surface area contributed by atoms with Crippen LogP contribution in [-0.2, 0) is 11.2 Å². The normalized spacial score (nSPS) is 14.9. The van der Waals surface area contributed by atoms with Crippen LogP contribution in [0.3, 0.4) is 0 Å². The average Bonchev–Trinajstić information content (AvgIpc) is 3.12. The fourth-order valence-corrected chi connectivity index (χ4v) is 3.70. The Morgan fingerprint density at radius 1 is 1.10 bits per heavy atom. The summed E-state index contributed by atoms with van der Waals surface area (Å²) in [7, 11) is 0. The molecule has 2 aromatic carbocycles. The molecule has 0 bridgehead atoms. The van der Waals surface area contributed by atoms with Gasteiger partial charge >= 0.3 is 5.69 Å². The number of likely N-dealkylation sites (tertiary alicyclic amines) is 1. The summed E-state index contributed by atoms with van der Waals surface area (Å²) in [5.41, 5.74) is 1.15. The lowest BCUT2D eigenvalue weighted by Gasteiger charge is -2.31. The zero-order valence-electron chi connectivity index (χ0n) is 15.6. The van der Waals surface area contributed by atoms with Crippen LogP contribution in [-0.4, -0.2) is 38.7 Å². The molecule has 4 rings (SSSR count). The van der Waals surface area contributed by atoms with Gasteiger partial charge in [-0.25, -0.2) is 9.18 Å². The van der Waals surface area contributed by atoms with Gasteiger partial charge in [-0.2, -0.15) is 4.68 Å². The zero-order chi connectivity index (χ0) is 20.4. The maximum atomic E-state index is 13.0. The molecule has 1 aliphatic rings. The van der Waals surface area contributed by atoms with Crippen molar-refractivity contribution in [3.63, 3.8) is 0 Å². The fraction of sp³-hybridized carbons (Fsp3) is 0.286. The van der Waals surface area contributed by atoms with Gasteiger partial charge in [0, 0.05) is 24.0 Å². The van der Waals surface area contributed by atoms with Gasteiger partial charge in [0.05, 0.1) is 12.1 Å². The Bertz CT molecular complexity index is 1050. The van der Waals surface area contributed by atoms with Crippen LogP contribution in [0.5, 0.6) is 0 Å². The van der Waals surface area contributed by atoms with Crippen molar-refractivity contribution in [3.05, 3.63) is 81.2 Å². The highest BCUT2D eigenvalue weighted by molar-refractivity contribution is 6.30. The lowest BCUT2D eigenvalue weighted by molar-refractivity contribution is -0.131. The van der Waals surface area contributed by atoms with Gasteiger partial charge < -0.3 is 4.90 Å². The third kappa shape index (κ3) is 4.40. The molecule has 1 amide bonds. The third-order valence-corrected chi connectivity index (χ3v) is 5.46. The Morgan fingerprint density at radius 3 is 2.41 bits per heavy atom. The van der Waals surface area contributed by atoms with E-state index >= 15 is 0 Å². The first-order valence-corrected chi connectivity index (χ1v) is 9.85. The van der Waals surface area contributed by atoms with E-state index in [9.17, 15) is 14.0 Å². The fourth-order valence-electron chi connectivity index (χ4n) is 3.57. The molecule has 1 saturated heterocycles. The number of hydrogen-bond donors (Lipinski definition) is 1. The van der Waals surface area contributed by atoms with E-state index in [1.54, 1.807) is 36.4 Å². The van der Waals surface area contributed by atoms with Crippen LogP contribution in [0.1, 0.15) is 30.1 Å². The number of carbonyl (C=O) groups excluding carboxylic acids is 1. The molecule has 0 saturated carbocycles. The topological polar surface area (TPSA) is 71.0 Å². The van der Waals surface area contributed by atoms with Gasteiger partial charge in [0.15, 0.2) is 0 Å². The summed E-state index contributed by atoms with van der Waals surface area (Å²) in [6, 6.07) is 12.9. The quantitative estimate of drug-likeness (QED) is 0.712. The summed E-state index contributed by atoms with van der Waals surface area (Å²) in [4.78, 5) is 29.5. The van der Waals surface area contributed by atoms with Crippen molar-refractivity contribution < 1.29 is 9.18 Å². The van der Waals surface area contributed by atoms with Gasteiger partial charge in [0.2, 0.25) is 5.91 Å². The van der Waals surface area contributed by atoms with Gasteiger partial charge in [-0.3, -0.25) is 9.78 Å². The first-order chi connectivity index (χ1) is 14.0. The van der Waals surface area contributed by atoms with E-state index in [1.165, 1.54) is 16.8 Å². The van der Waals surface area contributed by atoms with Gasteiger partial charge in [-0.1, -0.05) is 23.7 Å². The van der Waals surface area contributed by atoms with E-state index < -0.39 is 0 Å². The zero-order valence-corrected chi connectivity index (χ0v) is 16.4. The Kier molecular flexibility index (Phi) is 5.49. The number of piperidine rings is 1. The number of aromatic amines is 1. The van der Waals surface area contributed by atoms with Gasteiger partial charge in [-0.05, 0) is 54.8 Å². The number of benzene rings is 2. The Balaban J connectivity index is 1.39. The van der Waals surface area contributed by atoms with E-state index in [1.807, 2.05) is 4.90 Å². The second-order valence-electron chi connectivity index (χ2n) is 7.16. The van der Waals surface area contributed by atoms with Crippen molar-refractivity contribution in [1.82, 2.24) is 19.7 Å². The predicted octanol–water partition coefficient (Wildman–Crippen LogP) is 3.30. The molecule has 0 aliphatic carbocycles. The maximum Gasteiger partial charge on any atom is 0.348 e. The van der Waals surface area contributed by atoms with Gasteiger partial charge in [0.25, 0.3) is 0 Å². The summed E-state index contributed by atoms with van der Waals surface area (Å²) < 4.78 is 14.3. The van der Waals surface area contributed by atoms with Crippen molar-refractivity contribution in [2.75, 3.05) is 13.1 Å². The minimum atomic E-state index is -0.311. The summed E-state index contributed by atoms with van der Waals surface area (Å²) in [5, 5.41) is 5.04. The largest absolute Gasteiger partial charge is 0.348 e. The molecule has 8 heteroatoms. The van der Waals surface area contributed by atoms with E-state index in [4.69, 9.17) is 11.6 Å². The first-order valence-electron chi connectivity index (χ1n) is 9.47. The standard InChI is InChI=1S/C21H20ClFN4O2/c22-16-3-7-18(8-4-16)27-21(29)24-20(25-27)15-9-11-26(12-10-15)19(28)13-14-1-5-17(23)6-2-14/h1-8,15H,9-13H2,(H,24,25,29). The van der Waals surface area contributed by atoms with E-state index in [0.717, 1.165) is 18.4 Å². The van der Waals surface area contributed by atoms with Crippen molar-refractivity contribution in [3.8, 4) is 5.69 Å². The molecule has 1 N–H and O–H groups in total. The van der Waals surface area contributed by atoms with Crippen LogP contribution in [0, 0.1) is 5.82 Å². The van der Waals surface area contributed by atoms with Crippen LogP contribution < -0.4 is 5.69 Å². The minimum Gasteiger partial charge on any atom is -0.342 e. The highest BCUT2D eigenvalue weighted by atomic mass is 35.5. The molecule has 150 valence electrons. The average molecular weight is 415 g/mol. The number of rotatable bonds is 4. The third-order valence-electron chi connectivity index (χ3n) is 5.21. The molecule has 29 heavy (non-hydrogen) atoms. The highest BCUT2D eigenvalue weighted by Crippen LogP contribution is 2.25. The number of nitrogens with zero attached hydrogens (tertiary/aromatic N) is 3. The van der Waals surface area contributed by atoms with Crippen LogP contribution >= 0.6 is 11.6 Å². The molecule has 1 fully saturated rings. The summed E-state index contributed by atoms with van der Waals surface area (Å²) in [6.45, 7) is 1.20. The molecule has 3 aromatic rings. The van der Waals surface area contributed by atoms with Crippen LogP contribution in [0.15, 0.2) is 53.3 Å². The molecule has 6 nitrogen and oxygen atoms in total. The number of nitrogens with one attached hydrogen (secondary N) is 1. The smallest absolute Gasteiger partial charge is 0.342 e. The Hall–Kier alpha value is -2.93. The molecule has 0 unspecified atom stereocenters. The monoisotopic (exact) mass is 414 g/mol. The first kappa shape index (κ1) is 19.4. The van der Waals surface area contributed by atoms with Crippen LogP contribution in [0.4, 0.5) is 4.39 Å². The van der Waals surface area contributed by atoms with E-state index in [0.29, 0.717) is 29.6 Å². The summed E-state index contributed by atoms with van der Waals surface area (Å²) >= 11 is 5.90. The SMILES string of the molecule is O=C(Cc1ccc(F)cc1)N1CCC(c2nn(-c3ccc(Cl)cc3)c(=O)[nH]2)CC1. The molecule has 0 atom stereocenters. The predicted molar refractivity (Wildman–Crippen MR) is 108 cm³/mol. The molecular formula is C21H20ClFN4O2. The molecule has 1 aliphatic heterocycles. The summed E-state index contributed by atoms with van der Waals surface area (Å²) in [6.07, 6.45) is 1.71. The van der Waals surface area contributed by atoms with Gasteiger partial charge in [0.1, 0.15) is 11.6 Å². The maximum absolute atomic E-state index is 13.0. The second kappa shape index (κ2) is 8.21. The number of aromatic nitrogens is 3. The minimum absolute atomic E-state index is 0.0234. The number of amides is 1. The number of H-pyrrole nitrogens is 1. The molecule has 1 aromatic heterocycles. The molecular weight excluding hydrogens is 395 g/mol. The van der Waals surface area contributed by atoms with E-state index in [-0.39, 0.29) is 29.8 Å². The van der Waals surface area contributed by atoms with E-state index in [2.05, 4.69) is 10.1 Å². The second-order valence-corrected chi connectivity index (χ2v) is 7.60. The lowest BCUT2D eigenvalue weighted by Crippen LogP contribution is -2.39. The molecule has 2 heterocycles. The lowest BCUT2D eigenvalue weighted by atomic mass is 9.95. The number of hydrogen-bond acceptors (Lipinski definition) is 3. The number of halogens is 2. The number of carbonyl (C=O) groups is 1. The Labute approximate surface area is 171 Å². The van der Waals surface area contributed by atoms with Crippen LogP contribution in [0.25, 0.3) is 5.69 Å². The summed E-state index contributed by atoms with van der Waals surface area (Å²) in [5.74, 6) is 0.436. The van der Waals surface area contributed by atoms with Crippen molar-refractivity contribution in [1.29, 1.82) is 0 Å². The van der Waals surface area contributed by atoms with Crippen molar-refractivity contribution >= 4 is 17.5 Å². The van der Waals surface area contributed by atoms with Gasteiger partial charge in [-0.15, -0.1) is 5.10 Å². The molecule has 0 radical (unpaired) electrons. The van der Waals surface area contributed by atoms with Crippen molar-refractivity contribution in [2.24, 2.45) is 0 Å². The van der Waals surface area contributed by atoms with Crippen molar-refractivity contribution in [2.45, 2.75) is 25.2 Å². The Morgan fingerprint density at radius 2 is 1.76 bits per heavy atom. The highest BCUT2D eigenvalue weighted by Gasteiger charge is 2.26.